The van der Waals surface area contributed by atoms with E-state index in [1.807, 2.05) is 27.7 Å². The summed E-state index contributed by atoms with van der Waals surface area (Å²) in [5, 5.41) is 2.45. The molecule has 0 aromatic heterocycles. The van der Waals surface area contributed by atoms with Gasteiger partial charge in [0.05, 0.1) is 25.4 Å². The number of ether oxygens (including phenoxy) is 3. The highest BCUT2D eigenvalue weighted by Crippen LogP contribution is 2.37. The first kappa shape index (κ1) is 25.9. The summed E-state index contributed by atoms with van der Waals surface area (Å²) < 4.78 is 42.4. The lowest BCUT2D eigenvalue weighted by Crippen LogP contribution is -2.45. The standard InChI is InChI=1S/C22H33BFNO7/c1-20(2,3)30-19(27)25-16(18(26)29-9)11-13-10-14(17(28-8)12-15(13)24)23-31-21(4,5)22(6,7)32-23/h10,12,16H,11H2,1-9H3,(H,25,27)/t16-/m0/s1. The summed E-state index contributed by atoms with van der Waals surface area (Å²) >= 11 is 0. The van der Waals surface area contributed by atoms with Crippen LogP contribution in [-0.2, 0) is 30.0 Å². The van der Waals surface area contributed by atoms with Crippen molar-refractivity contribution in [3.63, 3.8) is 0 Å². The molecule has 0 bridgehead atoms. The number of esters is 1. The van der Waals surface area contributed by atoms with Gasteiger partial charge < -0.3 is 28.8 Å². The summed E-state index contributed by atoms with van der Waals surface area (Å²) in [7, 11) is 1.81. The molecular weight excluding hydrogens is 420 g/mol. The van der Waals surface area contributed by atoms with Crippen molar-refractivity contribution >= 4 is 24.6 Å². The normalized spacial score (nSPS) is 18.1. The Morgan fingerprint density at radius 3 is 2.16 bits per heavy atom. The van der Waals surface area contributed by atoms with Gasteiger partial charge in [-0.3, -0.25) is 0 Å². The molecule has 0 radical (unpaired) electrons. The van der Waals surface area contributed by atoms with Crippen LogP contribution in [0.2, 0.25) is 0 Å². The molecular formula is C22H33BFNO7. The van der Waals surface area contributed by atoms with E-state index in [0.29, 0.717) is 5.46 Å². The van der Waals surface area contributed by atoms with Gasteiger partial charge in [0.1, 0.15) is 23.2 Å². The van der Waals surface area contributed by atoms with Gasteiger partial charge in [-0.05, 0) is 54.0 Å². The molecule has 10 heteroatoms. The lowest BCUT2D eigenvalue weighted by molar-refractivity contribution is -0.143. The number of nitrogens with one attached hydrogen (secondary N) is 1. The molecule has 1 aliphatic rings. The Morgan fingerprint density at radius 2 is 1.69 bits per heavy atom. The van der Waals surface area contributed by atoms with E-state index in [4.69, 9.17) is 23.5 Å². The third-order valence-electron chi connectivity index (χ3n) is 5.51. The third-order valence-corrected chi connectivity index (χ3v) is 5.51. The monoisotopic (exact) mass is 453 g/mol. The molecule has 1 N–H and O–H groups in total. The van der Waals surface area contributed by atoms with Crippen LogP contribution in [0.25, 0.3) is 0 Å². The fourth-order valence-electron chi connectivity index (χ4n) is 3.11. The molecule has 1 amide bonds. The Hall–Kier alpha value is -2.33. The Kier molecular flexibility index (Phi) is 7.51. The number of carbonyl (C=O) groups excluding carboxylic acids is 2. The zero-order chi connectivity index (χ0) is 24.5. The van der Waals surface area contributed by atoms with Crippen LogP contribution in [0.3, 0.4) is 0 Å². The maximum atomic E-state index is 14.9. The number of carbonyl (C=O) groups is 2. The average molecular weight is 453 g/mol. The molecule has 0 unspecified atom stereocenters. The molecule has 1 saturated heterocycles. The van der Waals surface area contributed by atoms with E-state index in [9.17, 15) is 14.0 Å². The van der Waals surface area contributed by atoms with Crippen LogP contribution in [-0.4, -0.2) is 56.2 Å². The second-order valence-corrected chi connectivity index (χ2v) is 9.70. The fourth-order valence-corrected chi connectivity index (χ4v) is 3.11. The van der Waals surface area contributed by atoms with Gasteiger partial charge in [-0.1, -0.05) is 6.07 Å². The highest BCUT2D eigenvalue weighted by Gasteiger charge is 2.52. The molecule has 1 atom stereocenters. The average Bonchev–Trinajstić information content (AvgIpc) is 2.87. The van der Waals surface area contributed by atoms with Crippen LogP contribution in [0.4, 0.5) is 9.18 Å². The predicted octanol–water partition coefficient (Wildman–Crippen LogP) is 2.74. The van der Waals surface area contributed by atoms with E-state index in [2.05, 4.69) is 5.32 Å². The van der Waals surface area contributed by atoms with Crippen LogP contribution in [0.5, 0.6) is 5.75 Å². The highest BCUT2D eigenvalue weighted by molar-refractivity contribution is 6.63. The summed E-state index contributed by atoms with van der Waals surface area (Å²) in [6, 6.07) is 1.56. The molecule has 1 aliphatic heterocycles. The lowest BCUT2D eigenvalue weighted by atomic mass is 9.77. The summed E-state index contributed by atoms with van der Waals surface area (Å²) in [6.45, 7) is 12.7. The quantitative estimate of drug-likeness (QED) is 0.523. The molecule has 178 valence electrons. The number of benzene rings is 1. The van der Waals surface area contributed by atoms with Crippen LogP contribution in [0.1, 0.15) is 54.0 Å². The number of alkyl carbamates (subject to hydrolysis) is 1. The second-order valence-electron chi connectivity index (χ2n) is 9.70. The molecule has 1 fully saturated rings. The summed E-state index contributed by atoms with van der Waals surface area (Å²) in [6.07, 6.45) is -0.984. The molecule has 32 heavy (non-hydrogen) atoms. The second kappa shape index (κ2) is 9.27. The minimum Gasteiger partial charge on any atom is -0.497 e. The van der Waals surface area contributed by atoms with Gasteiger partial charge >= 0.3 is 19.2 Å². The van der Waals surface area contributed by atoms with Gasteiger partial charge in [-0.2, -0.15) is 0 Å². The highest BCUT2D eigenvalue weighted by atomic mass is 19.1. The molecule has 8 nitrogen and oxygen atoms in total. The van der Waals surface area contributed by atoms with E-state index in [1.165, 1.54) is 26.4 Å². The fraction of sp³-hybridized carbons (Fsp3) is 0.636. The van der Waals surface area contributed by atoms with Crippen LogP contribution in [0, 0.1) is 5.82 Å². The maximum Gasteiger partial charge on any atom is 0.498 e. The van der Waals surface area contributed by atoms with Crippen molar-refractivity contribution in [2.24, 2.45) is 0 Å². The molecule has 1 aromatic carbocycles. The van der Waals surface area contributed by atoms with E-state index >= 15 is 0 Å². The molecule has 0 aliphatic carbocycles. The van der Waals surface area contributed by atoms with Crippen molar-refractivity contribution in [2.45, 2.75) is 77.7 Å². The first-order valence-electron chi connectivity index (χ1n) is 10.4. The SMILES string of the molecule is COC(=O)[C@H](Cc1cc(B2OC(C)(C)C(C)(C)O2)c(OC)cc1F)NC(=O)OC(C)(C)C. The van der Waals surface area contributed by atoms with E-state index in [0.717, 1.165) is 0 Å². The number of amides is 1. The number of halogens is 1. The van der Waals surface area contributed by atoms with Gasteiger partial charge in [0, 0.05) is 17.9 Å². The number of rotatable bonds is 6. The van der Waals surface area contributed by atoms with Crippen LogP contribution in [0.15, 0.2) is 12.1 Å². The van der Waals surface area contributed by atoms with Gasteiger partial charge in [-0.15, -0.1) is 0 Å². The Bertz CT molecular complexity index is 851. The Labute approximate surface area is 189 Å². The van der Waals surface area contributed by atoms with Crippen molar-refractivity contribution in [2.75, 3.05) is 14.2 Å². The zero-order valence-electron chi connectivity index (χ0n) is 20.3. The zero-order valence-corrected chi connectivity index (χ0v) is 20.3. The molecule has 1 aromatic rings. The summed E-state index contributed by atoms with van der Waals surface area (Å²) in [5.41, 5.74) is -1.35. The van der Waals surface area contributed by atoms with Crippen LogP contribution < -0.4 is 15.5 Å². The molecule has 2 rings (SSSR count). The molecule has 1 heterocycles. The minimum absolute atomic E-state index is 0.155. The van der Waals surface area contributed by atoms with Crippen molar-refractivity contribution in [3.05, 3.63) is 23.5 Å². The van der Waals surface area contributed by atoms with Gasteiger partial charge in [-0.25, -0.2) is 14.0 Å². The van der Waals surface area contributed by atoms with Gasteiger partial charge in [0.15, 0.2) is 0 Å². The van der Waals surface area contributed by atoms with Crippen molar-refractivity contribution in [1.82, 2.24) is 5.32 Å². The smallest absolute Gasteiger partial charge is 0.497 e. The maximum absolute atomic E-state index is 14.9. The summed E-state index contributed by atoms with van der Waals surface area (Å²) in [5.74, 6) is -1.09. The molecule has 0 saturated carbocycles. The van der Waals surface area contributed by atoms with Crippen molar-refractivity contribution in [1.29, 1.82) is 0 Å². The minimum atomic E-state index is -1.16. The molecule has 0 spiro atoms. The van der Waals surface area contributed by atoms with Crippen LogP contribution >= 0.6 is 0 Å². The number of methoxy groups -OCH3 is 2. The van der Waals surface area contributed by atoms with Crippen molar-refractivity contribution in [3.8, 4) is 5.75 Å². The largest absolute Gasteiger partial charge is 0.498 e. The topological polar surface area (TPSA) is 92.3 Å². The van der Waals surface area contributed by atoms with E-state index in [-0.39, 0.29) is 17.7 Å². The Balaban J connectivity index is 2.36. The predicted molar refractivity (Wildman–Crippen MR) is 118 cm³/mol. The Morgan fingerprint density at radius 1 is 1.12 bits per heavy atom. The third kappa shape index (κ3) is 5.92. The first-order valence-corrected chi connectivity index (χ1v) is 10.4. The van der Waals surface area contributed by atoms with Gasteiger partial charge in [0.25, 0.3) is 0 Å². The lowest BCUT2D eigenvalue weighted by Gasteiger charge is -2.32. The number of hydrogen-bond donors (Lipinski definition) is 1. The summed E-state index contributed by atoms with van der Waals surface area (Å²) in [4.78, 5) is 24.5. The van der Waals surface area contributed by atoms with Crippen molar-refractivity contribution < 1.29 is 37.5 Å². The van der Waals surface area contributed by atoms with E-state index < -0.39 is 47.8 Å². The van der Waals surface area contributed by atoms with E-state index in [1.54, 1.807) is 20.8 Å². The van der Waals surface area contributed by atoms with Gasteiger partial charge in [0.2, 0.25) is 0 Å². The first-order chi connectivity index (χ1) is 14.6. The number of hydrogen-bond acceptors (Lipinski definition) is 7.